The number of hydrogen-bond acceptors (Lipinski definition) is 3. The van der Waals surface area contributed by atoms with Crippen LogP contribution >= 0.6 is 0 Å². The summed E-state index contributed by atoms with van der Waals surface area (Å²) >= 11 is 0. The highest BCUT2D eigenvalue weighted by molar-refractivity contribution is 5.93. The zero-order valence-corrected chi connectivity index (χ0v) is 19.2. The molecule has 5 nitrogen and oxygen atoms in total. The Labute approximate surface area is 191 Å². The summed E-state index contributed by atoms with van der Waals surface area (Å²) in [6.07, 6.45) is -0.970. The standard InChI is InChI=1S/C25H30F3N3O2/c1-23(2)10-19-11-24(3,14-23)15-31(19)13-18-7-8-20(22(33)30-18)21(32)29-12-16-5-4-6-17(9-16)25(26,27)28/h4-9,19H,10-15H2,1-3H3,(H,29,32)(H,30,33)/t19-,24-/m1/s1. The van der Waals surface area contributed by atoms with Gasteiger partial charge in [0.15, 0.2) is 0 Å². The van der Waals surface area contributed by atoms with E-state index in [1.165, 1.54) is 24.6 Å². The number of aromatic amines is 1. The number of amides is 1. The predicted octanol–water partition coefficient (Wildman–Crippen LogP) is 4.72. The van der Waals surface area contributed by atoms with Gasteiger partial charge >= 0.3 is 6.18 Å². The van der Waals surface area contributed by atoms with Crippen molar-refractivity contribution in [2.24, 2.45) is 10.8 Å². The minimum Gasteiger partial charge on any atom is -0.348 e. The Balaban J connectivity index is 1.40. The van der Waals surface area contributed by atoms with Crippen molar-refractivity contribution in [3.63, 3.8) is 0 Å². The third-order valence-corrected chi connectivity index (χ3v) is 6.82. The number of pyridine rings is 1. The van der Waals surface area contributed by atoms with E-state index in [0.717, 1.165) is 37.2 Å². The smallest absolute Gasteiger partial charge is 0.348 e. The molecular weight excluding hydrogens is 431 g/mol. The molecule has 178 valence electrons. The van der Waals surface area contributed by atoms with Crippen LogP contribution in [0.25, 0.3) is 0 Å². The molecule has 1 saturated carbocycles. The van der Waals surface area contributed by atoms with E-state index in [1.807, 2.05) is 0 Å². The molecule has 1 saturated heterocycles. The lowest BCUT2D eigenvalue weighted by Crippen LogP contribution is -2.35. The van der Waals surface area contributed by atoms with Gasteiger partial charge in [-0.3, -0.25) is 14.5 Å². The molecule has 0 radical (unpaired) electrons. The number of carbonyl (C=O) groups is 1. The number of hydrogen-bond donors (Lipinski definition) is 2. The summed E-state index contributed by atoms with van der Waals surface area (Å²) in [6.45, 7) is 8.47. The lowest BCUT2D eigenvalue weighted by atomic mass is 9.65. The molecule has 2 atom stereocenters. The van der Waals surface area contributed by atoms with Crippen LogP contribution in [-0.2, 0) is 19.3 Å². The van der Waals surface area contributed by atoms with Crippen LogP contribution in [0.4, 0.5) is 13.2 Å². The molecule has 2 bridgehead atoms. The van der Waals surface area contributed by atoms with Crippen LogP contribution in [0.3, 0.4) is 0 Å². The summed E-state index contributed by atoms with van der Waals surface area (Å²) in [6, 6.07) is 8.47. The maximum absolute atomic E-state index is 12.9. The van der Waals surface area contributed by atoms with Gasteiger partial charge in [0.05, 0.1) is 5.56 Å². The predicted molar refractivity (Wildman–Crippen MR) is 120 cm³/mol. The Kier molecular flexibility index (Phi) is 5.93. The van der Waals surface area contributed by atoms with Crippen LogP contribution < -0.4 is 10.9 Å². The van der Waals surface area contributed by atoms with Crippen LogP contribution in [0.15, 0.2) is 41.2 Å². The molecule has 1 amide bonds. The summed E-state index contributed by atoms with van der Waals surface area (Å²) in [5.41, 5.74) is 0.324. The zero-order chi connectivity index (χ0) is 24.0. The summed E-state index contributed by atoms with van der Waals surface area (Å²) in [4.78, 5) is 30.3. The number of rotatable bonds is 5. The Hall–Kier alpha value is -2.61. The van der Waals surface area contributed by atoms with Gasteiger partial charge in [0.25, 0.3) is 11.5 Å². The topological polar surface area (TPSA) is 65.2 Å². The SMILES string of the molecule is CC1(C)C[C@@H]2C[C@@](C)(CN2Cc2ccc(C(=O)NCc3cccc(C(F)(F)F)c3)c(=O)[nH]2)C1. The lowest BCUT2D eigenvalue weighted by Gasteiger charge is -2.39. The van der Waals surface area contributed by atoms with Gasteiger partial charge in [-0.05, 0) is 59.9 Å². The molecule has 8 heteroatoms. The molecule has 1 aromatic carbocycles. The van der Waals surface area contributed by atoms with E-state index < -0.39 is 23.2 Å². The van der Waals surface area contributed by atoms with Crippen molar-refractivity contribution in [3.8, 4) is 0 Å². The Morgan fingerprint density at radius 1 is 1.18 bits per heavy atom. The Bertz CT molecular complexity index is 1110. The number of nitrogens with one attached hydrogen (secondary N) is 2. The van der Waals surface area contributed by atoms with Crippen molar-refractivity contribution in [3.05, 3.63) is 69.1 Å². The van der Waals surface area contributed by atoms with E-state index in [1.54, 1.807) is 6.07 Å². The summed E-state index contributed by atoms with van der Waals surface area (Å²) in [7, 11) is 0. The average molecular weight is 462 g/mol. The molecule has 2 aromatic rings. The summed E-state index contributed by atoms with van der Waals surface area (Å²) < 4.78 is 38.6. The molecule has 1 aromatic heterocycles. The lowest BCUT2D eigenvalue weighted by molar-refractivity contribution is -0.137. The van der Waals surface area contributed by atoms with Gasteiger partial charge < -0.3 is 10.3 Å². The van der Waals surface area contributed by atoms with Crippen molar-refractivity contribution in [2.45, 2.75) is 65.3 Å². The Morgan fingerprint density at radius 3 is 2.64 bits per heavy atom. The first-order chi connectivity index (χ1) is 15.3. The number of H-pyrrole nitrogens is 1. The number of aromatic nitrogens is 1. The fraction of sp³-hybridized carbons (Fsp3) is 0.520. The van der Waals surface area contributed by atoms with E-state index in [4.69, 9.17) is 0 Å². The average Bonchev–Trinajstić information content (AvgIpc) is 2.93. The molecule has 0 unspecified atom stereocenters. The molecule has 2 fully saturated rings. The normalized spacial score (nSPS) is 24.6. The van der Waals surface area contributed by atoms with Gasteiger partial charge in [-0.1, -0.05) is 32.9 Å². The largest absolute Gasteiger partial charge is 0.416 e. The molecule has 4 rings (SSSR count). The molecule has 1 aliphatic heterocycles. The first-order valence-corrected chi connectivity index (χ1v) is 11.2. The van der Waals surface area contributed by atoms with Crippen LogP contribution in [0.2, 0.25) is 0 Å². The van der Waals surface area contributed by atoms with Crippen LogP contribution in [0.5, 0.6) is 0 Å². The highest BCUT2D eigenvalue weighted by atomic mass is 19.4. The number of carbonyl (C=O) groups excluding carboxylic acids is 1. The summed E-state index contributed by atoms with van der Waals surface area (Å²) in [5.74, 6) is -0.619. The number of fused-ring (bicyclic) bond motifs is 2. The van der Waals surface area contributed by atoms with Crippen LogP contribution in [0.1, 0.15) is 67.2 Å². The molecule has 0 spiro atoms. The molecule has 1 aliphatic carbocycles. The number of halogens is 3. The fourth-order valence-corrected chi connectivity index (χ4v) is 5.90. The summed E-state index contributed by atoms with van der Waals surface area (Å²) in [5, 5.41) is 2.53. The Morgan fingerprint density at radius 2 is 1.94 bits per heavy atom. The fourth-order valence-electron chi connectivity index (χ4n) is 5.90. The van der Waals surface area contributed by atoms with Crippen molar-refractivity contribution < 1.29 is 18.0 Å². The third-order valence-electron chi connectivity index (χ3n) is 6.82. The zero-order valence-electron chi connectivity index (χ0n) is 19.2. The first-order valence-electron chi connectivity index (χ1n) is 11.2. The number of alkyl halides is 3. The van der Waals surface area contributed by atoms with Gasteiger partial charge in [0.2, 0.25) is 0 Å². The molecule has 33 heavy (non-hydrogen) atoms. The van der Waals surface area contributed by atoms with E-state index in [9.17, 15) is 22.8 Å². The molecule has 2 aliphatic rings. The minimum absolute atomic E-state index is 0.0565. The molecule has 2 heterocycles. The van der Waals surface area contributed by atoms with Crippen LogP contribution in [0, 0.1) is 10.8 Å². The van der Waals surface area contributed by atoms with Crippen molar-refractivity contribution in [1.29, 1.82) is 0 Å². The minimum atomic E-state index is -4.45. The molecular formula is C25H30F3N3O2. The quantitative estimate of drug-likeness (QED) is 0.677. The molecule has 2 N–H and O–H groups in total. The second-order valence-corrected chi connectivity index (χ2v) is 10.7. The van der Waals surface area contributed by atoms with E-state index in [-0.39, 0.29) is 17.5 Å². The second-order valence-electron chi connectivity index (χ2n) is 10.7. The van der Waals surface area contributed by atoms with E-state index in [2.05, 4.69) is 36.0 Å². The van der Waals surface area contributed by atoms with E-state index >= 15 is 0 Å². The van der Waals surface area contributed by atoms with Crippen molar-refractivity contribution >= 4 is 5.91 Å². The van der Waals surface area contributed by atoms with Gasteiger partial charge in [0.1, 0.15) is 5.56 Å². The van der Waals surface area contributed by atoms with Gasteiger partial charge in [-0.2, -0.15) is 13.2 Å². The van der Waals surface area contributed by atoms with Gasteiger partial charge in [0, 0.05) is 31.4 Å². The maximum atomic E-state index is 12.9. The maximum Gasteiger partial charge on any atom is 0.416 e. The third kappa shape index (κ3) is 5.32. The van der Waals surface area contributed by atoms with Crippen molar-refractivity contribution in [1.82, 2.24) is 15.2 Å². The van der Waals surface area contributed by atoms with E-state index in [0.29, 0.717) is 23.6 Å². The number of nitrogens with zero attached hydrogens (tertiary/aromatic N) is 1. The van der Waals surface area contributed by atoms with Crippen molar-refractivity contribution in [2.75, 3.05) is 6.54 Å². The van der Waals surface area contributed by atoms with Crippen LogP contribution in [-0.4, -0.2) is 28.4 Å². The highest BCUT2D eigenvalue weighted by Crippen LogP contribution is 2.52. The second kappa shape index (κ2) is 8.31. The highest BCUT2D eigenvalue weighted by Gasteiger charge is 2.49. The van der Waals surface area contributed by atoms with Gasteiger partial charge in [-0.15, -0.1) is 0 Å². The number of likely N-dealkylation sites (tertiary alicyclic amines) is 1. The first kappa shape index (κ1) is 23.5. The number of benzene rings is 1. The van der Waals surface area contributed by atoms with Gasteiger partial charge in [-0.25, -0.2) is 0 Å². The monoisotopic (exact) mass is 461 g/mol.